The van der Waals surface area contributed by atoms with Crippen LogP contribution in [0.25, 0.3) is 0 Å². The summed E-state index contributed by atoms with van der Waals surface area (Å²) in [6.07, 6.45) is -0.592. The molecule has 0 heterocycles. The SMILES string of the molecule is CNCC(=O)NCC(O)c1ccc(OC(C)C)cc1. The predicted octanol–water partition coefficient (Wildman–Crippen LogP) is 0.843. The minimum absolute atomic E-state index is 0.122. The van der Waals surface area contributed by atoms with Crippen LogP contribution in [0, 0.1) is 0 Å². The normalized spacial score (nSPS) is 12.3. The van der Waals surface area contributed by atoms with Crippen molar-refractivity contribution in [2.75, 3.05) is 20.1 Å². The van der Waals surface area contributed by atoms with Gasteiger partial charge in [0.2, 0.25) is 5.91 Å². The van der Waals surface area contributed by atoms with Crippen LogP contribution in [0.4, 0.5) is 0 Å². The molecule has 5 nitrogen and oxygen atoms in total. The van der Waals surface area contributed by atoms with Crippen molar-refractivity contribution in [3.8, 4) is 5.75 Å². The highest BCUT2D eigenvalue weighted by atomic mass is 16.5. The Balaban J connectivity index is 2.48. The van der Waals surface area contributed by atoms with Crippen molar-refractivity contribution in [3.05, 3.63) is 29.8 Å². The molecule has 3 N–H and O–H groups in total. The molecular formula is C14H22N2O3. The van der Waals surface area contributed by atoms with Crippen LogP contribution in [0.15, 0.2) is 24.3 Å². The highest BCUT2D eigenvalue weighted by Crippen LogP contribution is 2.18. The molecule has 0 spiro atoms. The Bertz CT molecular complexity index is 390. The third-order valence-corrected chi connectivity index (χ3v) is 2.47. The van der Waals surface area contributed by atoms with Crippen molar-refractivity contribution in [2.24, 2.45) is 0 Å². The van der Waals surface area contributed by atoms with Crippen LogP contribution < -0.4 is 15.4 Å². The largest absolute Gasteiger partial charge is 0.491 e. The van der Waals surface area contributed by atoms with Crippen molar-refractivity contribution in [2.45, 2.75) is 26.1 Å². The van der Waals surface area contributed by atoms with Gasteiger partial charge in [0.15, 0.2) is 0 Å². The molecule has 0 saturated carbocycles. The molecule has 1 aromatic carbocycles. The van der Waals surface area contributed by atoms with Crippen LogP contribution in [0.3, 0.4) is 0 Å². The maximum atomic E-state index is 11.2. The number of aliphatic hydroxyl groups is 1. The first kappa shape index (κ1) is 15.5. The molecule has 106 valence electrons. The van der Waals surface area contributed by atoms with E-state index in [1.54, 1.807) is 19.2 Å². The first-order valence-electron chi connectivity index (χ1n) is 6.39. The minimum Gasteiger partial charge on any atom is -0.491 e. The van der Waals surface area contributed by atoms with Crippen LogP contribution in [0.5, 0.6) is 5.75 Å². The van der Waals surface area contributed by atoms with Gasteiger partial charge in [0.05, 0.1) is 18.8 Å². The van der Waals surface area contributed by atoms with Crippen LogP contribution in [0.1, 0.15) is 25.5 Å². The van der Waals surface area contributed by atoms with Crippen LogP contribution >= 0.6 is 0 Å². The summed E-state index contributed by atoms with van der Waals surface area (Å²) in [7, 11) is 1.70. The van der Waals surface area contributed by atoms with E-state index in [0.29, 0.717) is 0 Å². The Kier molecular flexibility index (Phi) is 6.32. The third kappa shape index (κ3) is 5.72. The number of rotatable bonds is 7. The summed E-state index contributed by atoms with van der Waals surface area (Å²) in [6, 6.07) is 7.22. The molecule has 0 aliphatic heterocycles. The molecule has 1 atom stereocenters. The number of aliphatic hydroxyl groups excluding tert-OH is 1. The maximum absolute atomic E-state index is 11.2. The fourth-order valence-corrected chi connectivity index (χ4v) is 1.59. The van der Waals surface area contributed by atoms with E-state index < -0.39 is 6.10 Å². The number of ether oxygens (including phenoxy) is 1. The monoisotopic (exact) mass is 266 g/mol. The van der Waals surface area contributed by atoms with E-state index in [1.807, 2.05) is 26.0 Å². The zero-order valence-electron chi connectivity index (χ0n) is 11.6. The smallest absolute Gasteiger partial charge is 0.234 e. The average Bonchev–Trinajstić information content (AvgIpc) is 2.36. The summed E-state index contributed by atoms with van der Waals surface area (Å²) < 4.78 is 5.52. The van der Waals surface area contributed by atoms with Crippen molar-refractivity contribution >= 4 is 5.91 Å². The molecule has 1 aromatic rings. The number of carbonyl (C=O) groups is 1. The van der Waals surface area contributed by atoms with E-state index in [0.717, 1.165) is 11.3 Å². The molecule has 0 bridgehead atoms. The molecule has 1 amide bonds. The molecule has 1 rings (SSSR count). The predicted molar refractivity (Wildman–Crippen MR) is 74.1 cm³/mol. The van der Waals surface area contributed by atoms with Gasteiger partial charge in [-0.1, -0.05) is 12.1 Å². The number of benzene rings is 1. The Morgan fingerprint density at radius 2 is 1.95 bits per heavy atom. The quantitative estimate of drug-likeness (QED) is 0.684. The number of hydrogen-bond acceptors (Lipinski definition) is 4. The number of nitrogens with one attached hydrogen (secondary N) is 2. The molecule has 1 unspecified atom stereocenters. The van der Waals surface area contributed by atoms with Gasteiger partial charge in [-0.25, -0.2) is 0 Å². The lowest BCUT2D eigenvalue weighted by molar-refractivity contribution is -0.120. The summed E-state index contributed by atoms with van der Waals surface area (Å²) in [5.74, 6) is 0.631. The molecule has 0 saturated heterocycles. The standard InChI is InChI=1S/C14H22N2O3/c1-10(2)19-12-6-4-11(5-7-12)13(17)8-16-14(18)9-15-3/h4-7,10,13,15,17H,8-9H2,1-3H3,(H,16,18). The Hall–Kier alpha value is -1.59. The first-order chi connectivity index (χ1) is 9.02. The van der Waals surface area contributed by atoms with Gasteiger partial charge in [0.25, 0.3) is 0 Å². The maximum Gasteiger partial charge on any atom is 0.234 e. The van der Waals surface area contributed by atoms with Gasteiger partial charge in [0, 0.05) is 6.54 Å². The van der Waals surface area contributed by atoms with Gasteiger partial charge in [-0.3, -0.25) is 4.79 Å². The summed E-state index contributed by atoms with van der Waals surface area (Å²) in [6.45, 7) is 4.36. The highest BCUT2D eigenvalue weighted by Gasteiger charge is 2.09. The Labute approximate surface area is 114 Å². The first-order valence-corrected chi connectivity index (χ1v) is 6.39. The molecular weight excluding hydrogens is 244 g/mol. The molecule has 19 heavy (non-hydrogen) atoms. The van der Waals surface area contributed by atoms with E-state index in [-0.39, 0.29) is 25.1 Å². The average molecular weight is 266 g/mol. The van der Waals surface area contributed by atoms with Gasteiger partial charge < -0.3 is 20.5 Å². The van der Waals surface area contributed by atoms with Crippen LogP contribution in [-0.2, 0) is 4.79 Å². The van der Waals surface area contributed by atoms with E-state index in [2.05, 4.69) is 10.6 Å². The van der Waals surface area contributed by atoms with Gasteiger partial charge in [-0.2, -0.15) is 0 Å². The van der Waals surface area contributed by atoms with Crippen LogP contribution in [0.2, 0.25) is 0 Å². The van der Waals surface area contributed by atoms with E-state index in [4.69, 9.17) is 4.74 Å². The minimum atomic E-state index is -0.714. The Morgan fingerprint density at radius 3 is 2.47 bits per heavy atom. The molecule has 0 aliphatic rings. The lowest BCUT2D eigenvalue weighted by atomic mass is 10.1. The number of likely N-dealkylation sites (N-methyl/N-ethyl adjacent to an activating group) is 1. The zero-order valence-corrected chi connectivity index (χ0v) is 11.6. The Morgan fingerprint density at radius 1 is 1.32 bits per heavy atom. The van der Waals surface area contributed by atoms with Crippen molar-refractivity contribution in [3.63, 3.8) is 0 Å². The second kappa shape index (κ2) is 7.76. The molecule has 0 aromatic heterocycles. The fraction of sp³-hybridized carbons (Fsp3) is 0.500. The van der Waals surface area contributed by atoms with Crippen molar-refractivity contribution in [1.29, 1.82) is 0 Å². The second-order valence-corrected chi connectivity index (χ2v) is 4.59. The topological polar surface area (TPSA) is 70.6 Å². The van der Waals surface area contributed by atoms with Gasteiger partial charge in [-0.05, 0) is 38.6 Å². The van der Waals surface area contributed by atoms with E-state index in [1.165, 1.54) is 0 Å². The van der Waals surface area contributed by atoms with E-state index in [9.17, 15) is 9.90 Å². The van der Waals surface area contributed by atoms with E-state index >= 15 is 0 Å². The second-order valence-electron chi connectivity index (χ2n) is 4.59. The molecule has 0 radical (unpaired) electrons. The number of amides is 1. The van der Waals surface area contributed by atoms with Crippen LogP contribution in [-0.4, -0.2) is 37.3 Å². The third-order valence-electron chi connectivity index (χ3n) is 2.47. The number of carbonyl (C=O) groups excluding carboxylic acids is 1. The summed E-state index contributed by atoms with van der Waals surface area (Å²) in [4.78, 5) is 11.2. The summed E-state index contributed by atoms with van der Waals surface area (Å²) in [5.41, 5.74) is 0.751. The van der Waals surface area contributed by atoms with Gasteiger partial charge in [-0.15, -0.1) is 0 Å². The summed E-state index contributed by atoms with van der Waals surface area (Å²) in [5, 5.41) is 15.3. The molecule has 5 heteroatoms. The fourth-order valence-electron chi connectivity index (χ4n) is 1.59. The molecule has 0 fully saturated rings. The highest BCUT2D eigenvalue weighted by molar-refractivity contribution is 5.77. The van der Waals surface area contributed by atoms with Crippen molar-refractivity contribution < 1.29 is 14.6 Å². The molecule has 0 aliphatic carbocycles. The lowest BCUT2D eigenvalue weighted by Gasteiger charge is -2.14. The van der Waals surface area contributed by atoms with Gasteiger partial charge in [0.1, 0.15) is 5.75 Å². The lowest BCUT2D eigenvalue weighted by Crippen LogP contribution is -2.34. The van der Waals surface area contributed by atoms with Crippen molar-refractivity contribution in [1.82, 2.24) is 10.6 Å². The number of hydrogen-bond donors (Lipinski definition) is 3. The summed E-state index contributed by atoms with van der Waals surface area (Å²) >= 11 is 0. The zero-order chi connectivity index (χ0) is 14.3. The van der Waals surface area contributed by atoms with Gasteiger partial charge >= 0.3 is 0 Å².